The van der Waals surface area contributed by atoms with Crippen LogP contribution in [0.1, 0.15) is 32.6 Å². The number of ether oxygens (including phenoxy) is 1. The normalized spacial score (nSPS) is 10.5. The van der Waals surface area contributed by atoms with Gasteiger partial charge in [0.1, 0.15) is 5.75 Å². The van der Waals surface area contributed by atoms with E-state index in [1.807, 2.05) is 0 Å². The molecule has 0 aliphatic carbocycles. The molecule has 24 heavy (non-hydrogen) atoms. The summed E-state index contributed by atoms with van der Waals surface area (Å²) >= 11 is 0. The standard InChI is InChI=1S/C16H24N6O2/c1-4-5-6-7-12-22-16(18-19-20-22)24-14-10-8-13(9-11-14)17-15(23)21(2)3/h8-11H,4-7,12H2,1-3H3,(H,17,23). The SMILES string of the molecule is CCCCCCn1nnnc1Oc1ccc(NC(=O)N(C)C)cc1. The first-order valence-corrected chi connectivity index (χ1v) is 8.12. The zero-order valence-electron chi connectivity index (χ0n) is 14.4. The topological polar surface area (TPSA) is 85.2 Å². The van der Waals surface area contributed by atoms with Crippen molar-refractivity contribution in [3.05, 3.63) is 24.3 Å². The highest BCUT2D eigenvalue weighted by molar-refractivity contribution is 5.88. The fraction of sp³-hybridized carbons (Fsp3) is 0.500. The number of amides is 2. The van der Waals surface area contributed by atoms with E-state index in [1.165, 1.54) is 17.7 Å². The maximum atomic E-state index is 11.6. The highest BCUT2D eigenvalue weighted by atomic mass is 16.5. The third-order valence-electron chi connectivity index (χ3n) is 3.44. The molecule has 1 aromatic carbocycles. The van der Waals surface area contributed by atoms with Gasteiger partial charge in [-0.2, -0.15) is 4.68 Å². The van der Waals surface area contributed by atoms with Gasteiger partial charge in [0.05, 0.1) is 0 Å². The molecule has 0 unspecified atom stereocenters. The Bertz CT molecular complexity index is 638. The summed E-state index contributed by atoms with van der Waals surface area (Å²) in [6.45, 7) is 2.91. The van der Waals surface area contributed by atoms with E-state index in [0.717, 1.165) is 19.4 Å². The van der Waals surface area contributed by atoms with Crippen LogP contribution in [-0.4, -0.2) is 45.2 Å². The van der Waals surface area contributed by atoms with Crippen molar-refractivity contribution in [2.75, 3.05) is 19.4 Å². The average molecular weight is 332 g/mol. The number of rotatable bonds is 8. The van der Waals surface area contributed by atoms with Crippen LogP contribution in [0.5, 0.6) is 11.8 Å². The van der Waals surface area contributed by atoms with Crippen molar-refractivity contribution >= 4 is 11.7 Å². The lowest BCUT2D eigenvalue weighted by molar-refractivity contribution is 0.230. The number of carbonyl (C=O) groups is 1. The van der Waals surface area contributed by atoms with Gasteiger partial charge in [0.25, 0.3) is 0 Å². The number of tetrazole rings is 1. The highest BCUT2D eigenvalue weighted by Gasteiger charge is 2.09. The van der Waals surface area contributed by atoms with Crippen molar-refractivity contribution in [1.82, 2.24) is 25.1 Å². The van der Waals surface area contributed by atoms with Crippen LogP contribution in [-0.2, 0) is 6.54 Å². The maximum absolute atomic E-state index is 11.6. The predicted molar refractivity (Wildman–Crippen MR) is 91.2 cm³/mol. The maximum Gasteiger partial charge on any atom is 0.340 e. The number of nitrogens with one attached hydrogen (secondary N) is 1. The Kier molecular flexibility index (Phi) is 6.53. The van der Waals surface area contributed by atoms with Gasteiger partial charge >= 0.3 is 12.0 Å². The Hall–Kier alpha value is -2.64. The number of nitrogens with zero attached hydrogens (tertiary/aromatic N) is 5. The van der Waals surface area contributed by atoms with Crippen molar-refractivity contribution in [3.8, 4) is 11.8 Å². The molecule has 0 radical (unpaired) electrons. The Morgan fingerprint density at radius 3 is 2.62 bits per heavy atom. The minimum atomic E-state index is -0.181. The van der Waals surface area contributed by atoms with Crippen LogP contribution in [0.3, 0.4) is 0 Å². The summed E-state index contributed by atoms with van der Waals surface area (Å²) in [7, 11) is 3.38. The molecule has 0 fully saturated rings. The van der Waals surface area contributed by atoms with Crippen molar-refractivity contribution in [3.63, 3.8) is 0 Å². The quantitative estimate of drug-likeness (QED) is 0.751. The second-order valence-corrected chi connectivity index (χ2v) is 5.70. The summed E-state index contributed by atoms with van der Waals surface area (Å²) in [5.41, 5.74) is 0.695. The number of anilines is 1. The number of hydrogen-bond acceptors (Lipinski definition) is 5. The van der Waals surface area contributed by atoms with Gasteiger partial charge in [-0.15, -0.1) is 0 Å². The van der Waals surface area contributed by atoms with E-state index in [9.17, 15) is 4.79 Å². The molecule has 2 rings (SSSR count). The molecular weight excluding hydrogens is 308 g/mol. The van der Waals surface area contributed by atoms with E-state index in [4.69, 9.17) is 4.74 Å². The van der Waals surface area contributed by atoms with E-state index in [2.05, 4.69) is 27.8 Å². The van der Waals surface area contributed by atoms with Gasteiger partial charge in [-0.05, 0) is 41.1 Å². The van der Waals surface area contributed by atoms with Crippen molar-refractivity contribution in [2.24, 2.45) is 0 Å². The Labute approximate surface area is 141 Å². The molecular formula is C16H24N6O2. The molecule has 1 N–H and O–H groups in total. The molecule has 2 aromatic rings. The van der Waals surface area contributed by atoms with Crippen LogP contribution in [0.25, 0.3) is 0 Å². The van der Waals surface area contributed by atoms with E-state index in [0.29, 0.717) is 17.4 Å². The molecule has 0 saturated heterocycles. The first kappa shape index (κ1) is 17.7. The van der Waals surface area contributed by atoms with Crippen molar-refractivity contribution in [1.29, 1.82) is 0 Å². The number of aryl methyl sites for hydroxylation is 1. The van der Waals surface area contributed by atoms with Gasteiger partial charge in [-0.1, -0.05) is 31.3 Å². The number of urea groups is 1. The van der Waals surface area contributed by atoms with E-state index >= 15 is 0 Å². The summed E-state index contributed by atoms with van der Waals surface area (Å²) in [4.78, 5) is 13.1. The summed E-state index contributed by atoms with van der Waals surface area (Å²) in [5.74, 6) is 0.613. The first-order valence-electron chi connectivity index (χ1n) is 8.12. The molecule has 0 saturated carbocycles. The van der Waals surface area contributed by atoms with Gasteiger partial charge in [0.2, 0.25) is 0 Å². The lowest BCUT2D eigenvalue weighted by Crippen LogP contribution is -2.27. The fourth-order valence-corrected chi connectivity index (χ4v) is 2.05. The molecule has 0 bridgehead atoms. The Morgan fingerprint density at radius 1 is 1.21 bits per heavy atom. The zero-order chi connectivity index (χ0) is 17.4. The summed E-state index contributed by atoms with van der Waals surface area (Å²) < 4.78 is 7.38. The molecule has 0 spiro atoms. The smallest absolute Gasteiger partial charge is 0.340 e. The van der Waals surface area contributed by atoms with Gasteiger partial charge in [0.15, 0.2) is 0 Å². The third-order valence-corrected chi connectivity index (χ3v) is 3.44. The highest BCUT2D eigenvalue weighted by Crippen LogP contribution is 2.21. The van der Waals surface area contributed by atoms with Crippen LogP contribution < -0.4 is 10.1 Å². The van der Waals surface area contributed by atoms with E-state index in [-0.39, 0.29) is 6.03 Å². The van der Waals surface area contributed by atoms with Gasteiger partial charge in [-0.3, -0.25) is 0 Å². The molecule has 0 aliphatic heterocycles. The first-order chi connectivity index (χ1) is 11.6. The number of aromatic nitrogens is 4. The molecule has 2 amide bonds. The summed E-state index contributed by atoms with van der Waals surface area (Å²) in [6, 6.07) is 7.26. The van der Waals surface area contributed by atoms with E-state index < -0.39 is 0 Å². The molecule has 0 atom stereocenters. The molecule has 0 aliphatic rings. The molecule has 1 heterocycles. The fourth-order valence-electron chi connectivity index (χ4n) is 2.05. The average Bonchev–Trinajstić information content (AvgIpc) is 3.00. The molecule has 8 nitrogen and oxygen atoms in total. The zero-order valence-corrected chi connectivity index (χ0v) is 14.4. The lowest BCUT2D eigenvalue weighted by atomic mass is 10.2. The monoisotopic (exact) mass is 332 g/mol. The number of unbranched alkanes of at least 4 members (excludes halogenated alkanes) is 3. The van der Waals surface area contributed by atoms with Crippen LogP contribution in [0.4, 0.5) is 10.5 Å². The second kappa shape index (κ2) is 8.85. The minimum Gasteiger partial charge on any atom is -0.423 e. The van der Waals surface area contributed by atoms with Crippen LogP contribution in [0, 0.1) is 0 Å². The lowest BCUT2D eigenvalue weighted by Gasteiger charge is -2.12. The Morgan fingerprint density at radius 2 is 1.96 bits per heavy atom. The molecule has 8 heteroatoms. The van der Waals surface area contributed by atoms with Gasteiger partial charge in [-0.25, -0.2) is 4.79 Å². The molecule has 1 aromatic heterocycles. The van der Waals surface area contributed by atoms with Crippen molar-refractivity contribution < 1.29 is 9.53 Å². The van der Waals surface area contributed by atoms with Crippen LogP contribution in [0.15, 0.2) is 24.3 Å². The Balaban J connectivity index is 1.92. The molecule has 130 valence electrons. The second-order valence-electron chi connectivity index (χ2n) is 5.70. The summed E-state index contributed by atoms with van der Waals surface area (Å²) in [6.07, 6.45) is 4.56. The number of hydrogen-bond donors (Lipinski definition) is 1. The van der Waals surface area contributed by atoms with Gasteiger partial charge in [0, 0.05) is 26.3 Å². The van der Waals surface area contributed by atoms with Crippen LogP contribution >= 0.6 is 0 Å². The summed E-state index contributed by atoms with van der Waals surface area (Å²) in [5, 5.41) is 14.3. The number of benzene rings is 1. The van der Waals surface area contributed by atoms with Crippen LogP contribution in [0.2, 0.25) is 0 Å². The minimum absolute atomic E-state index is 0.181. The van der Waals surface area contributed by atoms with E-state index in [1.54, 1.807) is 43.0 Å². The number of carbonyl (C=O) groups excluding carboxylic acids is 1. The third kappa shape index (κ3) is 5.22. The van der Waals surface area contributed by atoms with Crippen molar-refractivity contribution in [2.45, 2.75) is 39.2 Å². The van der Waals surface area contributed by atoms with Gasteiger partial charge < -0.3 is 15.0 Å². The predicted octanol–water partition coefficient (Wildman–Crippen LogP) is 3.14. The largest absolute Gasteiger partial charge is 0.423 e.